The maximum absolute atomic E-state index is 12.4. The highest BCUT2D eigenvalue weighted by atomic mass is 16.3. The summed E-state index contributed by atoms with van der Waals surface area (Å²) in [6.07, 6.45) is 3.57. The van der Waals surface area contributed by atoms with Gasteiger partial charge in [-0.3, -0.25) is 9.59 Å². The Hall–Kier alpha value is -1.88. The first-order valence-corrected chi connectivity index (χ1v) is 9.01. The van der Waals surface area contributed by atoms with Crippen molar-refractivity contribution in [1.82, 2.24) is 10.6 Å². The molecule has 1 atom stereocenters. The third kappa shape index (κ3) is 4.82. The Kier molecular flexibility index (Phi) is 5.88. The van der Waals surface area contributed by atoms with E-state index in [-0.39, 0.29) is 23.8 Å². The molecule has 1 fully saturated rings. The molecule has 1 aromatic rings. The summed E-state index contributed by atoms with van der Waals surface area (Å²) in [6, 6.07) is 6.80. The molecule has 2 rings (SSSR count). The van der Waals surface area contributed by atoms with Crippen molar-refractivity contribution in [2.75, 3.05) is 6.61 Å². The van der Waals surface area contributed by atoms with Gasteiger partial charge in [-0.05, 0) is 42.9 Å². The number of amides is 2. The van der Waals surface area contributed by atoms with Crippen molar-refractivity contribution in [3.63, 3.8) is 0 Å². The van der Waals surface area contributed by atoms with Crippen molar-refractivity contribution in [3.8, 4) is 0 Å². The van der Waals surface area contributed by atoms with Crippen LogP contribution in [0.1, 0.15) is 69.3 Å². The number of aliphatic hydroxyl groups excluding tert-OH is 1. The minimum Gasteiger partial charge on any atom is -0.394 e. The summed E-state index contributed by atoms with van der Waals surface area (Å²) in [5.74, 6) is -0.525. The lowest BCUT2D eigenvalue weighted by molar-refractivity contribution is -0.125. The average Bonchev–Trinajstić information content (AvgIpc) is 3.03. The van der Waals surface area contributed by atoms with E-state index in [2.05, 4.69) is 31.4 Å². The summed E-state index contributed by atoms with van der Waals surface area (Å²) in [4.78, 5) is 24.7. The summed E-state index contributed by atoms with van der Waals surface area (Å²) in [5.41, 5.74) is 1.19. The molecule has 0 saturated heterocycles. The number of carbonyl (C=O) groups is 2. The molecule has 3 N–H and O–H groups in total. The van der Waals surface area contributed by atoms with Crippen LogP contribution in [0.3, 0.4) is 0 Å². The van der Waals surface area contributed by atoms with Crippen molar-refractivity contribution in [3.05, 3.63) is 35.4 Å². The van der Waals surface area contributed by atoms with Crippen LogP contribution in [0.25, 0.3) is 0 Å². The first kappa shape index (κ1) is 19.4. The molecule has 0 aliphatic heterocycles. The lowest BCUT2D eigenvalue weighted by atomic mass is 9.86. The molecule has 25 heavy (non-hydrogen) atoms. The number of hydrogen-bond donors (Lipinski definition) is 3. The van der Waals surface area contributed by atoms with E-state index in [1.54, 1.807) is 19.1 Å². The van der Waals surface area contributed by atoms with Crippen molar-refractivity contribution in [2.45, 2.75) is 70.4 Å². The molecule has 138 valence electrons. The maximum Gasteiger partial charge on any atom is 0.251 e. The average molecular weight is 346 g/mol. The Morgan fingerprint density at radius 1 is 1.16 bits per heavy atom. The fourth-order valence-corrected chi connectivity index (χ4v) is 3.21. The molecule has 2 amide bonds. The second-order valence-electron chi connectivity index (χ2n) is 8.16. The Bertz CT molecular complexity index is 611. The Morgan fingerprint density at radius 3 is 2.20 bits per heavy atom. The predicted octanol–water partition coefficient (Wildman–Crippen LogP) is 2.52. The van der Waals surface area contributed by atoms with Crippen molar-refractivity contribution in [1.29, 1.82) is 0 Å². The molecule has 5 heteroatoms. The van der Waals surface area contributed by atoms with Crippen LogP contribution in [0, 0.1) is 0 Å². The third-order valence-corrected chi connectivity index (χ3v) is 5.01. The zero-order chi connectivity index (χ0) is 18.7. The van der Waals surface area contributed by atoms with E-state index >= 15 is 0 Å². The van der Waals surface area contributed by atoms with Gasteiger partial charge in [-0.1, -0.05) is 45.7 Å². The van der Waals surface area contributed by atoms with Gasteiger partial charge >= 0.3 is 0 Å². The molecule has 1 unspecified atom stereocenters. The lowest BCUT2D eigenvalue weighted by Gasteiger charge is -2.29. The molecule has 0 aromatic heterocycles. The molecule has 1 aliphatic carbocycles. The number of hydrogen-bond acceptors (Lipinski definition) is 3. The maximum atomic E-state index is 12.4. The molecular weight excluding hydrogens is 316 g/mol. The van der Waals surface area contributed by atoms with E-state index in [1.807, 2.05) is 12.1 Å². The molecule has 0 spiro atoms. The Labute approximate surface area is 150 Å². The molecule has 5 nitrogen and oxygen atoms in total. The van der Waals surface area contributed by atoms with E-state index in [1.165, 1.54) is 0 Å². The third-order valence-electron chi connectivity index (χ3n) is 5.01. The minimum absolute atomic E-state index is 0.0298. The fraction of sp³-hybridized carbons (Fsp3) is 0.600. The molecular formula is C20H30N2O3. The largest absolute Gasteiger partial charge is 0.394 e. The van der Waals surface area contributed by atoms with Gasteiger partial charge in [-0.2, -0.15) is 0 Å². The SMILES string of the molecule is CC(NC(=O)c1ccc(C(C)(C)C)cc1)C(=O)NC1(CO)CCCC1. The normalized spacial score (nSPS) is 17.8. The number of carbonyl (C=O) groups excluding carboxylic acids is 2. The molecule has 1 aromatic carbocycles. The van der Waals surface area contributed by atoms with Gasteiger partial charge in [0.05, 0.1) is 12.1 Å². The van der Waals surface area contributed by atoms with Gasteiger partial charge in [-0.25, -0.2) is 0 Å². The molecule has 0 heterocycles. The van der Waals surface area contributed by atoms with E-state index in [9.17, 15) is 14.7 Å². The van der Waals surface area contributed by atoms with E-state index in [0.717, 1.165) is 31.2 Å². The number of rotatable bonds is 5. The van der Waals surface area contributed by atoms with Crippen LogP contribution in [0.15, 0.2) is 24.3 Å². The van der Waals surface area contributed by atoms with Crippen LogP contribution in [-0.2, 0) is 10.2 Å². The summed E-state index contributed by atoms with van der Waals surface area (Å²) in [5, 5.41) is 15.3. The van der Waals surface area contributed by atoms with Crippen LogP contribution in [-0.4, -0.2) is 35.1 Å². The molecule has 0 bridgehead atoms. The zero-order valence-corrected chi connectivity index (χ0v) is 15.7. The molecule has 0 radical (unpaired) electrons. The van der Waals surface area contributed by atoms with Crippen molar-refractivity contribution in [2.24, 2.45) is 0 Å². The zero-order valence-electron chi connectivity index (χ0n) is 15.7. The quantitative estimate of drug-likeness (QED) is 0.766. The standard InChI is InChI=1S/C20H30N2O3/c1-14(17(24)22-20(13-23)11-5-6-12-20)21-18(25)15-7-9-16(10-8-15)19(2,3)4/h7-10,14,23H,5-6,11-13H2,1-4H3,(H,21,25)(H,22,24). The topological polar surface area (TPSA) is 78.4 Å². The van der Waals surface area contributed by atoms with Gasteiger partial charge in [0.15, 0.2) is 0 Å². The smallest absolute Gasteiger partial charge is 0.251 e. The van der Waals surface area contributed by atoms with E-state index < -0.39 is 11.6 Å². The first-order valence-electron chi connectivity index (χ1n) is 9.01. The van der Waals surface area contributed by atoms with E-state index in [0.29, 0.717) is 5.56 Å². The second kappa shape index (κ2) is 7.56. The summed E-state index contributed by atoms with van der Waals surface area (Å²) >= 11 is 0. The highest BCUT2D eigenvalue weighted by Crippen LogP contribution is 2.29. The second-order valence-corrected chi connectivity index (χ2v) is 8.16. The Balaban J connectivity index is 1.96. The molecule has 1 aliphatic rings. The van der Waals surface area contributed by atoms with Gasteiger partial charge in [0, 0.05) is 5.56 Å². The van der Waals surface area contributed by atoms with E-state index in [4.69, 9.17) is 0 Å². The summed E-state index contributed by atoms with van der Waals surface area (Å²) < 4.78 is 0. The molecule has 1 saturated carbocycles. The van der Waals surface area contributed by atoms with Crippen LogP contribution < -0.4 is 10.6 Å². The van der Waals surface area contributed by atoms with Gasteiger partial charge in [0.2, 0.25) is 5.91 Å². The van der Waals surface area contributed by atoms with Gasteiger partial charge in [0.1, 0.15) is 6.04 Å². The monoisotopic (exact) mass is 346 g/mol. The number of benzene rings is 1. The highest BCUT2D eigenvalue weighted by Gasteiger charge is 2.35. The van der Waals surface area contributed by atoms with Gasteiger partial charge in [-0.15, -0.1) is 0 Å². The van der Waals surface area contributed by atoms with Crippen molar-refractivity contribution < 1.29 is 14.7 Å². The lowest BCUT2D eigenvalue weighted by Crippen LogP contribution is -2.55. The summed E-state index contributed by atoms with van der Waals surface area (Å²) in [6.45, 7) is 7.96. The number of nitrogens with one attached hydrogen (secondary N) is 2. The van der Waals surface area contributed by atoms with Crippen LogP contribution in [0.5, 0.6) is 0 Å². The number of aliphatic hydroxyl groups is 1. The predicted molar refractivity (Wildman–Crippen MR) is 98.5 cm³/mol. The first-order chi connectivity index (χ1) is 11.7. The highest BCUT2D eigenvalue weighted by molar-refractivity contribution is 5.97. The van der Waals surface area contributed by atoms with Crippen LogP contribution >= 0.6 is 0 Å². The summed E-state index contributed by atoms with van der Waals surface area (Å²) in [7, 11) is 0. The minimum atomic E-state index is -0.654. The van der Waals surface area contributed by atoms with Gasteiger partial charge < -0.3 is 15.7 Å². The van der Waals surface area contributed by atoms with Gasteiger partial charge in [0.25, 0.3) is 5.91 Å². The van der Waals surface area contributed by atoms with Crippen molar-refractivity contribution >= 4 is 11.8 Å². The van der Waals surface area contributed by atoms with Crippen LogP contribution in [0.2, 0.25) is 0 Å². The Morgan fingerprint density at radius 2 is 1.72 bits per heavy atom. The fourth-order valence-electron chi connectivity index (χ4n) is 3.21. The van der Waals surface area contributed by atoms with Crippen LogP contribution in [0.4, 0.5) is 0 Å².